The molecule has 0 saturated carbocycles. The fraction of sp³-hybridized carbons (Fsp3) is 0. The fourth-order valence-corrected chi connectivity index (χ4v) is 1.74. The molecule has 0 unspecified atom stereocenters. The second-order valence-electron chi connectivity index (χ2n) is 3.63. The van der Waals surface area contributed by atoms with E-state index in [4.69, 9.17) is 11.6 Å². The third-order valence-electron chi connectivity index (χ3n) is 2.45. The van der Waals surface area contributed by atoms with Crippen LogP contribution in [0.1, 0.15) is 10.4 Å². The van der Waals surface area contributed by atoms with Crippen molar-refractivity contribution in [2.75, 3.05) is 0 Å². The third-order valence-corrected chi connectivity index (χ3v) is 2.65. The molecule has 18 heavy (non-hydrogen) atoms. The van der Waals surface area contributed by atoms with Crippen LogP contribution < -0.4 is 0 Å². The number of hydrogen-bond donors (Lipinski definition) is 1. The van der Waals surface area contributed by atoms with E-state index in [9.17, 15) is 18.7 Å². The summed E-state index contributed by atoms with van der Waals surface area (Å²) in [5.41, 5.74) is 0.322. The number of aromatic hydroxyl groups is 1. The lowest BCUT2D eigenvalue weighted by atomic mass is 10.0. The van der Waals surface area contributed by atoms with Crippen LogP contribution in [0.5, 0.6) is 5.75 Å². The Labute approximate surface area is 106 Å². The summed E-state index contributed by atoms with van der Waals surface area (Å²) < 4.78 is 26.3. The van der Waals surface area contributed by atoms with Crippen LogP contribution >= 0.6 is 11.6 Å². The molecule has 0 bridgehead atoms. The zero-order chi connectivity index (χ0) is 13.3. The van der Waals surface area contributed by atoms with Gasteiger partial charge in [0, 0.05) is 11.6 Å². The maximum Gasteiger partial charge on any atom is 0.256 e. The number of carbonyl (C=O) groups excluding carboxylic acids is 1. The molecule has 1 N–H and O–H groups in total. The Kier molecular flexibility index (Phi) is 3.30. The topological polar surface area (TPSA) is 37.3 Å². The average Bonchev–Trinajstić information content (AvgIpc) is 2.30. The first-order valence-electron chi connectivity index (χ1n) is 4.97. The van der Waals surface area contributed by atoms with Gasteiger partial charge in [0.2, 0.25) is 0 Å². The molecule has 0 radical (unpaired) electrons. The van der Waals surface area contributed by atoms with Crippen molar-refractivity contribution in [2.45, 2.75) is 0 Å². The Morgan fingerprint density at radius 3 is 2.44 bits per heavy atom. The van der Waals surface area contributed by atoms with Gasteiger partial charge < -0.3 is 5.11 Å². The monoisotopic (exact) mass is 268 g/mol. The lowest BCUT2D eigenvalue weighted by molar-refractivity contribution is 0.107. The summed E-state index contributed by atoms with van der Waals surface area (Å²) in [5.74, 6) is -1.74. The number of rotatable bonds is 2. The smallest absolute Gasteiger partial charge is 0.256 e. The zero-order valence-corrected chi connectivity index (χ0v) is 9.71. The maximum atomic E-state index is 13.5. The molecule has 0 saturated heterocycles. The van der Waals surface area contributed by atoms with Gasteiger partial charge in [-0.2, -0.15) is 0 Å². The summed E-state index contributed by atoms with van der Waals surface area (Å²) >= 11 is 5.28. The number of phenolic OH excluding ortho intramolecular Hbond substituents is 1. The predicted molar refractivity (Wildman–Crippen MR) is 63.6 cm³/mol. The van der Waals surface area contributed by atoms with Crippen LogP contribution in [0.2, 0.25) is 0 Å². The van der Waals surface area contributed by atoms with E-state index in [1.54, 1.807) is 0 Å². The quantitative estimate of drug-likeness (QED) is 0.843. The van der Waals surface area contributed by atoms with Crippen LogP contribution in [0.25, 0.3) is 11.1 Å². The molecule has 0 amide bonds. The largest absolute Gasteiger partial charge is 0.507 e. The van der Waals surface area contributed by atoms with Crippen molar-refractivity contribution in [3.8, 4) is 16.9 Å². The standard InChI is InChI=1S/C13H7ClF2O2/c14-13(18)10-5-7(1-4-12(10)17)9-3-2-8(15)6-11(9)16/h1-6,17H. The van der Waals surface area contributed by atoms with E-state index >= 15 is 0 Å². The molecular weight excluding hydrogens is 262 g/mol. The lowest BCUT2D eigenvalue weighted by Crippen LogP contribution is -1.92. The molecule has 0 aliphatic carbocycles. The maximum absolute atomic E-state index is 13.5. The van der Waals surface area contributed by atoms with Crippen molar-refractivity contribution in [2.24, 2.45) is 0 Å². The highest BCUT2D eigenvalue weighted by Crippen LogP contribution is 2.29. The number of hydrogen-bond acceptors (Lipinski definition) is 2. The van der Waals surface area contributed by atoms with Crippen LogP contribution in [0.15, 0.2) is 36.4 Å². The van der Waals surface area contributed by atoms with Gasteiger partial charge >= 0.3 is 0 Å². The minimum absolute atomic E-state index is 0.121. The van der Waals surface area contributed by atoms with Gasteiger partial charge in [0.05, 0.1) is 5.56 Å². The van der Waals surface area contributed by atoms with Crippen LogP contribution in [0.3, 0.4) is 0 Å². The van der Waals surface area contributed by atoms with Crippen LogP contribution in [-0.2, 0) is 0 Å². The highest BCUT2D eigenvalue weighted by molar-refractivity contribution is 6.68. The third kappa shape index (κ3) is 2.33. The molecule has 2 aromatic rings. The van der Waals surface area contributed by atoms with E-state index in [0.29, 0.717) is 5.56 Å². The van der Waals surface area contributed by atoms with E-state index < -0.39 is 16.9 Å². The number of halogens is 3. The highest BCUT2D eigenvalue weighted by Gasteiger charge is 2.12. The van der Waals surface area contributed by atoms with E-state index in [0.717, 1.165) is 12.1 Å². The van der Waals surface area contributed by atoms with Gasteiger partial charge in [-0.25, -0.2) is 8.78 Å². The van der Waals surface area contributed by atoms with Crippen molar-refractivity contribution < 1.29 is 18.7 Å². The van der Waals surface area contributed by atoms with Gasteiger partial charge in [-0.3, -0.25) is 4.79 Å². The Bertz CT molecular complexity index is 626. The summed E-state index contributed by atoms with van der Waals surface area (Å²) in [6, 6.07) is 6.99. The molecule has 2 rings (SSSR count). The van der Waals surface area contributed by atoms with E-state index in [1.165, 1.54) is 24.3 Å². The molecule has 0 atom stereocenters. The first-order chi connectivity index (χ1) is 8.49. The van der Waals surface area contributed by atoms with E-state index in [1.807, 2.05) is 0 Å². The molecular formula is C13H7ClF2O2. The fourth-order valence-electron chi connectivity index (χ4n) is 1.58. The van der Waals surface area contributed by atoms with Crippen LogP contribution in [-0.4, -0.2) is 10.3 Å². The van der Waals surface area contributed by atoms with Crippen molar-refractivity contribution in [1.82, 2.24) is 0 Å². The van der Waals surface area contributed by atoms with Crippen molar-refractivity contribution in [3.63, 3.8) is 0 Å². The first kappa shape index (κ1) is 12.5. The molecule has 0 aromatic heterocycles. The zero-order valence-electron chi connectivity index (χ0n) is 8.95. The van der Waals surface area contributed by atoms with Gasteiger partial charge in [0.25, 0.3) is 5.24 Å². The summed E-state index contributed by atoms with van der Waals surface area (Å²) in [4.78, 5) is 11.0. The van der Waals surface area contributed by atoms with Crippen molar-refractivity contribution in [1.29, 1.82) is 0 Å². The minimum Gasteiger partial charge on any atom is -0.507 e. The van der Waals surface area contributed by atoms with Crippen LogP contribution in [0.4, 0.5) is 8.78 Å². The van der Waals surface area contributed by atoms with Crippen LogP contribution in [0, 0.1) is 11.6 Å². The summed E-state index contributed by atoms with van der Waals surface area (Å²) in [5, 5.41) is 8.56. The van der Waals surface area contributed by atoms with Crippen molar-refractivity contribution >= 4 is 16.8 Å². The first-order valence-corrected chi connectivity index (χ1v) is 5.35. The minimum atomic E-state index is -0.850. The molecule has 5 heteroatoms. The van der Waals surface area contributed by atoms with Gasteiger partial charge in [0.1, 0.15) is 17.4 Å². The van der Waals surface area contributed by atoms with Crippen molar-refractivity contribution in [3.05, 3.63) is 53.6 Å². The van der Waals surface area contributed by atoms with E-state index in [-0.39, 0.29) is 16.9 Å². The summed E-state index contributed by atoms with van der Waals surface area (Å²) in [6.45, 7) is 0. The molecule has 2 aromatic carbocycles. The number of carbonyl (C=O) groups is 1. The number of phenols is 1. The van der Waals surface area contributed by atoms with Gasteiger partial charge in [0.15, 0.2) is 0 Å². The Hall–Kier alpha value is -1.94. The van der Waals surface area contributed by atoms with Gasteiger partial charge in [-0.05, 0) is 41.4 Å². The normalized spacial score (nSPS) is 10.4. The lowest BCUT2D eigenvalue weighted by Gasteiger charge is -2.06. The highest BCUT2D eigenvalue weighted by atomic mass is 35.5. The summed E-state index contributed by atoms with van der Waals surface area (Å²) in [7, 11) is 0. The van der Waals surface area contributed by atoms with Gasteiger partial charge in [-0.1, -0.05) is 6.07 Å². The predicted octanol–water partition coefficient (Wildman–Crippen LogP) is 3.72. The molecule has 92 valence electrons. The molecule has 0 fully saturated rings. The Morgan fingerprint density at radius 2 is 1.83 bits per heavy atom. The Balaban J connectivity index is 2.58. The second-order valence-corrected chi connectivity index (χ2v) is 3.97. The van der Waals surface area contributed by atoms with E-state index in [2.05, 4.69) is 0 Å². The SMILES string of the molecule is O=C(Cl)c1cc(-c2ccc(F)cc2F)ccc1O. The molecule has 0 aliphatic heterocycles. The van der Waals surface area contributed by atoms with Gasteiger partial charge in [-0.15, -0.1) is 0 Å². The molecule has 0 aliphatic rings. The molecule has 0 heterocycles. The average molecular weight is 269 g/mol. The Morgan fingerprint density at radius 1 is 1.11 bits per heavy atom. The molecule has 2 nitrogen and oxygen atoms in total. The number of benzene rings is 2. The summed E-state index contributed by atoms with van der Waals surface area (Å²) in [6.07, 6.45) is 0. The molecule has 0 spiro atoms. The second kappa shape index (κ2) is 4.74.